The smallest absolute Gasteiger partial charge is 0.343 e. The van der Waals surface area contributed by atoms with Crippen molar-refractivity contribution in [1.82, 2.24) is 0 Å². The van der Waals surface area contributed by atoms with E-state index < -0.39 is 11.9 Å². The van der Waals surface area contributed by atoms with Gasteiger partial charge in [0.1, 0.15) is 17.6 Å². The zero-order valence-corrected chi connectivity index (χ0v) is 21.9. The van der Waals surface area contributed by atoms with Crippen molar-refractivity contribution in [3.8, 4) is 11.5 Å². The van der Waals surface area contributed by atoms with E-state index >= 15 is 0 Å². The van der Waals surface area contributed by atoms with Crippen LogP contribution in [0.25, 0.3) is 0 Å². The van der Waals surface area contributed by atoms with E-state index in [0.717, 1.165) is 12.0 Å². The molecule has 0 saturated heterocycles. The first-order valence-corrected chi connectivity index (χ1v) is 13.3. The molecule has 1 aliphatic carbocycles. The molecule has 2 aromatic rings. The fraction of sp³-hybridized carbons (Fsp3) is 0.484. The van der Waals surface area contributed by atoms with Crippen molar-refractivity contribution in [2.75, 3.05) is 0 Å². The normalized spacial score (nSPS) is 19.1. The van der Waals surface area contributed by atoms with Crippen molar-refractivity contribution in [2.24, 2.45) is 5.92 Å². The van der Waals surface area contributed by atoms with Crippen LogP contribution in [0.1, 0.15) is 94.0 Å². The SMILES string of the molecule is C=CC(=O)O[C@H](C)C[C@H](C)Oc1ccc(C(=O)Oc2ccc(C3CCC(CCCC)CC3)cc2)cc1. The average molecular weight is 493 g/mol. The van der Waals surface area contributed by atoms with Gasteiger partial charge in [0, 0.05) is 12.5 Å². The number of carbonyl (C=O) groups is 2. The lowest BCUT2D eigenvalue weighted by Gasteiger charge is -2.28. The molecule has 0 amide bonds. The van der Waals surface area contributed by atoms with Crippen LogP contribution in [0.15, 0.2) is 61.2 Å². The van der Waals surface area contributed by atoms with E-state index in [1.807, 2.05) is 26.0 Å². The third-order valence-corrected chi connectivity index (χ3v) is 6.95. The van der Waals surface area contributed by atoms with Crippen molar-refractivity contribution in [3.63, 3.8) is 0 Å². The Bertz CT molecular complexity index is 971. The molecule has 5 nitrogen and oxygen atoms in total. The number of esters is 2. The Balaban J connectivity index is 1.46. The van der Waals surface area contributed by atoms with E-state index in [4.69, 9.17) is 14.2 Å². The maximum Gasteiger partial charge on any atom is 0.343 e. The summed E-state index contributed by atoms with van der Waals surface area (Å²) in [6, 6.07) is 14.9. The van der Waals surface area contributed by atoms with Gasteiger partial charge in [-0.25, -0.2) is 9.59 Å². The maximum atomic E-state index is 12.6. The first-order valence-electron chi connectivity index (χ1n) is 13.3. The molecule has 1 saturated carbocycles. The highest BCUT2D eigenvalue weighted by atomic mass is 16.5. The van der Waals surface area contributed by atoms with Gasteiger partial charge in [0.05, 0.1) is 11.7 Å². The fourth-order valence-electron chi connectivity index (χ4n) is 4.96. The lowest BCUT2D eigenvalue weighted by atomic mass is 9.77. The van der Waals surface area contributed by atoms with Crippen LogP contribution in [0.4, 0.5) is 0 Å². The lowest BCUT2D eigenvalue weighted by Crippen LogP contribution is -2.22. The third kappa shape index (κ3) is 8.54. The number of benzene rings is 2. The molecular formula is C31H40O5. The van der Waals surface area contributed by atoms with E-state index in [2.05, 4.69) is 25.6 Å². The Morgan fingerprint density at radius 2 is 1.58 bits per heavy atom. The molecule has 194 valence electrons. The van der Waals surface area contributed by atoms with Gasteiger partial charge in [0.15, 0.2) is 0 Å². The summed E-state index contributed by atoms with van der Waals surface area (Å²) < 4.78 is 16.6. The summed E-state index contributed by atoms with van der Waals surface area (Å²) in [5, 5.41) is 0. The standard InChI is InChI=1S/C31H40O5/c1-5-7-8-24-9-11-25(12-10-24)26-13-17-29(18-14-26)36-31(33)27-15-19-28(20-16-27)34-22(3)21-23(4)35-30(32)6-2/h6,13-20,22-25H,2,5,7-12,21H2,1,3-4H3/t22-,23+,24?,25?/m0/s1. The third-order valence-electron chi connectivity index (χ3n) is 6.95. The summed E-state index contributed by atoms with van der Waals surface area (Å²) in [6.07, 6.45) is 10.4. The quantitative estimate of drug-likeness (QED) is 0.173. The Hall–Kier alpha value is -3.08. The molecule has 0 N–H and O–H groups in total. The zero-order valence-electron chi connectivity index (χ0n) is 21.9. The van der Waals surface area contributed by atoms with Crippen LogP contribution in [-0.4, -0.2) is 24.1 Å². The maximum absolute atomic E-state index is 12.6. The van der Waals surface area contributed by atoms with E-state index in [0.29, 0.717) is 29.4 Å². The Morgan fingerprint density at radius 1 is 0.944 bits per heavy atom. The summed E-state index contributed by atoms with van der Waals surface area (Å²) in [5.41, 5.74) is 1.80. The first kappa shape index (κ1) is 27.5. The predicted octanol–water partition coefficient (Wildman–Crippen LogP) is 7.64. The second-order valence-corrected chi connectivity index (χ2v) is 9.96. The molecule has 2 atom stereocenters. The summed E-state index contributed by atoms with van der Waals surface area (Å²) >= 11 is 0. The number of unbranched alkanes of at least 4 members (excludes halogenated alkanes) is 1. The summed E-state index contributed by atoms with van der Waals surface area (Å²) in [4.78, 5) is 23.9. The van der Waals surface area contributed by atoms with Crippen LogP contribution in [0.3, 0.4) is 0 Å². The highest BCUT2D eigenvalue weighted by molar-refractivity contribution is 5.91. The number of rotatable bonds is 12. The van der Waals surface area contributed by atoms with Crippen molar-refractivity contribution in [1.29, 1.82) is 0 Å². The molecule has 1 aliphatic rings. The molecule has 5 heteroatoms. The van der Waals surface area contributed by atoms with Gasteiger partial charge >= 0.3 is 11.9 Å². The van der Waals surface area contributed by atoms with Crippen LogP contribution in [0, 0.1) is 5.92 Å². The van der Waals surface area contributed by atoms with Crippen molar-refractivity contribution in [2.45, 2.75) is 90.3 Å². The summed E-state index contributed by atoms with van der Waals surface area (Å²) in [5.74, 6) is 1.85. The zero-order chi connectivity index (χ0) is 25.9. The van der Waals surface area contributed by atoms with Crippen molar-refractivity contribution >= 4 is 11.9 Å². The van der Waals surface area contributed by atoms with Gasteiger partial charge in [-0.2, -0.15) is 0 Å². The molecule has 0 bridgehead atoms. The topological polar surface area (TPSA) is 61.8 Å². The molecule has 36 heavy (non-hydrogen) atoms. The van der Waals surface area contributed by atoms with E-state index in [1.54, 1.807) is 24.3 Å². The van der Waals surface area contributed by atoms with Crippen LogP contribution in [0.2, 0.25) is 0 Å². The number of ether oxygens (including phenoxy) is 3. The highest BCUT2D eigenvalue weighted by Gasteiger charge is 2.22. The van der Waals surface area contributed by atoms with Gasteiger partial charge in [-0.15, -0.1) is 0 Å². The fourth-order valence-corrected chi connectivity index (χ4v) is 4.96. The molecule has 0 heterocycles. The molecule has 0 aromatic heterocycles. The van der Waals surface area contributed by atoms with Crippen molar-refractivity contribution in [3.05, 3.63) is 72.3 Å². The molecule has 3 rings (SSSR count). The number of hydrogen-bond acceptors (Lipinski definition) is 5. The highest BCUT2D eigenvalue weighted by Crippen LogP contribution is 2.38. The minimum absolute atomic E-state index is 0.166. The number of carbonyl (C=O) groups excluding carboxylic acids is 2. The summed E-state index contributed by atoms with van der Waals surface area (Å²) in [7, 11) is 0. The van der Waals surface area contributed by atoms with Crippen LogP contribution >= 0.6 is 0 Å². The van der Waals surface area contributed by atoms with Gasteiger partial charge in [-0.05, 0) is 93.3 Å². The molecule has 1 fully saturated rings. The summed E-state index contributed by atoms with van der Waals surface area (Å²) in [6.45, 7) is 9.38. The molecular weight excluding hydrogens is 452 g/mol. The van der Waals surface area contributed by atoms with E-state index in [-0.39, 0.29) is 12.2 Å². The van der Waals surface area contributed by atoms with Crippen LogP contribution < -0.4 is 9.47 Å². The van der Waals surface area contributed by atoms with E-state index in [1.165, 1.54) is 50.5 Å². The van der Waals surface area contributed by atoms with Crippen molar-refractivity contribution < 1.29 is 23.8 Å². The second-order valence-electron chi connectivity index (χ2n) is 9.96. The minimum Gasteiger partial charge on any atom is -0.491 e. The lowest BCUT2D eigenvalue weighted by molar-refractivity contribution is -0.143. The van der Waals surface area contributed by atoms with E-state index in [9.17, 15) is 9.59 Å². The van der Waals surface area contributed by atoms with Gasteiger partial charge < -0.3 is 14.2 Å². The Kier molecular flexibility index (Phi) is 10.6. The Morgan fingerprint density at radius 3 is 2.19 bits per heavy atom. The molecule has 0 spiro atoms. The molecule has 0 aliphatic heterocycles. The van der Waals surface area contributed by atoms with Gasteiger partial charge in [-0.1, -0.05) is 44.9 Å². The van der Waals surface area contributed by atoms with Gasteiger partial charge in [0.25, 0.3) is 0 Å². The van der Waals surface area contributed by atoms with Crippen LogP contribution in [-0.2, 0) is 9.53 Å². The number of hydrogen-bond donors (Lipinski definition) is 0. The predicted molar refractivity (Wildman–Crippen MR) is 143 cm³/mol. The molecule has 2 aromatic carbocycles. The average Bonchev–Trinajstić information content (AvgIpc) is 2.88. The molecule has 0 radical (unpaired) electrons. The monoisotopic (exact) mass is 492 g/mol. The van der Waals surface area contributed by atoms with Gasteiger partial charge in [0.2, 0.25) is 0 Å². The first-order chi connectivity index (χ1) is 17.4. The largest absolute Gasteiger partial charge is 0.491 e. The second kappa shape index (κ2) is 13.9. The van der Waals surface area contributed by atoms with Gasteiger partial charge in [-0.3, -0.25) is 0 Å². The minimum atomic E-state index is -0.447. The molecule has 0 unspecified atom stereocenters. The van der Waals surface area contributed by atoms with Crippen LogP contribution in [0.5, 0.6) is 11.5 Å². The Labute approximate surface area is 215 Å².